The average molecular weight is 184 g/mol. The molecular weight excluding hydrogens is 168 g/mol. The molecule has 1 unspecified atom stereocenters. The Morgan fingerprint density at radius 2 is 2.54 bits per heavy atom. The van der Waals surface area contributed by atoms with Crippen LogP contribution in [-0.4, -0.2) is 37.7 Å². The van der Waals surface area contributed by atoms with E-state index in [0.29, 0.717) is 6.54 Å². The first-order valence-corrected chi connectivity index (χ1v) is 4.49. The maximum atomic E-state index is 11.3. The van der Waals surface area contributed by atoms with E-state index in [0.717, 1.165) is 13.1 Å². The van der Waals surface area contributed by atoms with Gasteiger partial charge in [-0.1, -0.05) is 6.08 Å². The molecule has 0 bridgehead atoms. The summed E-state index contributed by atoms with van der Waals surface area (Å²) in [6.45, 7) is 7.46. The minimum atomic E-state index is -0.368. The second-order valence-corrected chi connectivity index (χ2v) is 3.09. The molecule has 0 spiro atoms. The largest absolute Gasteiger partial charge is 0.363 e. The molecule has 0 aliphatic carbocycles. The van der Waals surface area contributed by atoms with E-state index in [1.54, 1.807) is 13.0 Å². The highest BCUT2D eigenvalue weighted by atomic mass is 16.5. The van der Waals surface area contributed by atoms with Crippen LogP contribution in [0.1, 0.15) is 6.92 Å². The van der Waals surface area contributed by atoms with E-state index in [9.17, 15) is 4.79 Å². The first-order chi connectivity index (χ1) is 6.24. The average Bonchev–Trinajstić information content (AvgIpc) is 2.06. The predicted octanol–water partition coefficient (Wildman–Crippen LogP) is -0.335. The molecule has 1 amide bonds. The maximum Gasteiger partial charge on any atom is 0.249 e. The monoisotopic (exact) mass is 184 g/mol. The van der Waals surface area contributed by atoms with Crippen LogP contribution in [0.15, 0.2) is 12.7 Å². The van der Waals surface area contributed by atoms with Gasteiger partial charge < -0.3 is 15.4 Å². The van der Waals surface area contributed by atoms with Gasteiger partial charge in [0.2, 0.25) is 5.91 Å². The van der Waals surface area contributed by atoms with Crippen LogP contribution < -0.4 is 10.6 Å². The summed E-state index contributed by atoms with van der Waals surface area (Å²) in [6.07, 6.45) is 1.48. The van der Waals surface area contributed by atoms with Crippen LogP contribution in [0.4, 0.5) is 0 Å². The molecule has 74 valence electrons. The van der Waals surface area contributed by atoms with E-state index in [2.05, 4.69) is 17.2 Å². The molecule has 0 radical (unpaired) electrons. The molecule has 2 N–H and O–H groups in total. The third-order valence-electron chi connectivity index (χ3n) is 1.93. The van der Waals surface area contributed by atoms with Gasteiger partial charge in [-0.2, -0.15) is 0 Å². The Morgan fingerprint density at radius 1 is 1.85 bits per heavy atom. The van der Waals surface area contributed by atoms with Gasteiger partial charge in [-0.3, -0.25) is 4.79 Å². The van der Waals surface area contributed by atoms with E-state index in [1.165, 1.54) is 0 Å². The molecule has 1 fully saturated rings. The molecule has 1 aliphatic rings. The molecule has 1 heterocycles. The van der Waals surface area contributed by atoms with E-state index < -0.39 is 0 Å². The molecule has 4 heteroatoms. The molecule has 1 saturated heterocycles. The number of amides is 1. The van der Waals surface area contributed by atoms with E-state index >= 15 is 0 Å². The van der Waals surface area contributed by atoms with Crippen LogP contribution in [0.5, 0.6) is 0 Å². The topological polar surface area (TPSA) is 50.4 Å². The Kier molecular flexibility index (Phi) is 3.92. The highest BCUT2D eigenvalue weighted by Gasteiger charge is 2.22. The summed E-state index contributed by atoms with van der Waals surface area (Å²) in [5.41, 5.74) is 0. The summed E-state index contributed by atoms with van der Waals surface area (Å²) in [6, 6.07) is 0. The lowest BCUT2D eigenvalue weighted by molar-refractivity contribution is -0.136. The predicted molar refractivity (Wildman–Crippen MR) is 50.4 cm³/mol. The van der Waals surface area contributed by atoms with Gasteiger partial charge in [0.15, 0.2) is 0 Å². The van der Waals surface area contributed by atoms with Crippen molar-refractivity contribution >= 4 is 5.91 Å². The fourth-order valence-corrected chi connectivity index (χ4v) is 1.03. The zero-order chi connectivity index (χ0) is 9.68. The quantitative estimate of drug-likeness (QED) is 0.575. The summed E-state index contributed by atoms with van der Waals surface area (Å²) in [5.74, 6) is -0.0770. The Labute approximate surface area is 78.3 Å². The third kappa shape index (κ3) is 3.16. The number of rotatable bonds is 5. The van der Waals surface area contributed by atoms with E-state index in [4.69, 9.17) is 4.74 Å². The fraction of sp³-hybridized carbons (Fsp3) is 0.667. The van der Waals surface area contributed by atoms with E-state index in [1.807, 2.05) is 0 Å². The summed E-state index contributed by atoms with van der Waals surface area (Å²) < 4.78 is 5.44. The van der Waals surface area contributed by atoms with Crippen molar-refractivity contribution in [3.05, 3.63) is 12.7 Å². The number of carbonyl (C=O) groups excluding carboxylic acids is 1. The highest BCUT2D eigenvalue weighted by molar-refractivity contribution is 5.80. The van der Waals surface area contributed by atoms with Crippen molar-refractivity contribution in [2.24, 2.45) is 0 Å². The number of hydrogen-bond acceptors (Lipinski definition) is 3. The molecule has 0 saturated carbocycles. The molecule has 13 heavy (non-hydrogen) atoms. The van der Waals surface area contributed by atoms with Gasteiger partial charge in [0, 0.05) is 19.6 Å². The van der Waals surface area contributed by atoms with Crippen molar-refractivity contribution in [3.8, 4) is 0 Å². The van der Waals surface area contributed by atoms with Gasteiger partial charge in [-0.25, -0.2) is 0 Å². The van der Waals surface area contributed by atoms with Crippen molar-refractivity contribution < 1.29 is 9.53 Å². The van der Waals surface area contributed by atoms with Gasteiger partial charge in [0.05, 0.1) is 6.10 Å². The van der Waals surface area contributed by atoms with Crippen LogP contribution >= 0.6 is 0 Å². The number of hydrogen-bond donors (Lipinski definition) is 2. The van der Waals surface area contributed by atoms with Crippen LogP contribution in [-0.2, 0) is 9.53 Å². The molecule has 0 aromatic heterocycles. The zero-order valence-corrected chi connectivity index (χ0v) is 7.88. The molecule has 4 nitrogen and oxygen atoms in total. The van der Waals surface area contributed by atoms with Gasteiger partial charge >= 0.3 is 0 Å². The smallest absolute Gasteiger partial charge is 0.249 e. The van der Waals surface area contributed by atoms with Crippen LogP contribution in [0.25, 0.3) is 0 Å². The Bertz CT molecular complexity index is 190. The number of nitrogens with one attached hydrogen (secondary N) is 2. The number of carbonyl (C=O) groups is 1. The maximum absolute atomic E-state index is 11.3. The Balaban J connectivity index is 2.16. The standard InChI is InChI=1S/C9H16N2O2/c1-3-4-11-9(12)7(2)13-8-5-10-6-8/h3,7-8,10H,1,4-6H2,2H3,(H,11,12). The lowest BCUT2D eigenvalue weighted by Gasteiger charge is -2.29. The SMILES string of the molecule is C=CCNC(=O)C(C)OC1CNC1. The van der Waals surface area contributed by atoms with Crippen LogP contribution in [0.2, 0.25) is 0 Å². The third-order valence-corrected chi connectivity index (χ3v) is 1.93. The summed E-state index contributed by atoms with van der Waals surface area (Å²) in [7, 11) is 0. The van der Waals surface area contributed by atoms with Crippen LogP contribution in [0.3, 0.4) is 0 Å². The second-order valence-electron chi connectivity index (χ2n) is 3.09. The highest BCUT2D eigenvalue weighted by Crippen LogP contribution is 2.02. The first kappa shape index (κ1) is 10.2. The van der Waals surface area contributed by atoms with Crippen molar-refractivity contribution in [1.29, 1.82) is 0 Å². The van der Waals surface area contributed by atoms with Gasteiger partial charge in [-0.15, -0.1) is 6.58 Å². The van der Waals surface area contributed by atoms with Gasteiger partial charge in [-0.05, 0) is 6.92 Å². The van der Waals surface area contributed by atoms with Crippen molar-refractivity contribution in [1.82, 2.24) is 10.6 Å². The Morgan fingerprint density at radius 3 is 3.00 bits per heavy atom. The number of ether oxygens (including phenoxy) is 1. The molecule has 1 aliphatic heterocycles. The lowest BCUT2D eigenvalue weighted by Crippen LogP contribution is -2.51. The summed E-state index contributed by atoms with van der Waals surface area (Å²) in [5, 5.41) is 5.76. The fourth-order valence-electron chi connectivity index (χ4n) is 1.03. The lowest BCUT2D eigenvalue weighted by atomic mass is 10.2. The van der Waals surface area contributed by atoms with Gasteiger partial charge in [0.1, 0.15) is 6.10 Å². The van der Waals surface area contributed by atoms with Crippen molar-refractivity contribution in [3.63, 3.8) is 0 Å². The zero-order valence-electron chi connectivity index (χ0n) is 7.88. The molecular formula is C9H16N2O2. The second kappa shape index (κ2) is 4.99. The van der Waals surface area contributed by atoms with Gasteiger partial charge in [0.25, 0.3) is 0 Å². The van der Waals surface area contributed by atoms with Crippen molar-refractivity contribution in [2.45, 2.75) is 19.1 Å². The Hall–Kier alpha value is -0.870. The molecule has 0 aromatic rings. The molecule has 0 aromatic carbocycles. The first-order valence-electron chi connectivity index (χ1n) is 4.49. The summed E-state index contributed by atoms with van der Waals surface area (Å²) in [4.78, 5) is 11.3. The van der Waals surface area contributed by atoms with Crippen LogP contribution in [0, 0.1) is 0 Å². The molecule has 1 atom stereocenters. The van der Waals surface area contributed by atoms with Crippen molar-refractivity contribution in [2.75, 3.05) is 19.6 Å². The normalized spacial score (nSPS) is 18.8. The molecule has 1 rings (SSSR count). The van der Waals surface area contributed by atoms with E-state index in [-0.39, 0.29) is 18.1 Å². The minimum absolute atomic E-state index is 0.0770. The summed E-state index contributed by atoms with van der Waals surface area (Å²) >= 11 is 0. The minimum Gasteiger partial charge on any atom is -0.363 e.